The highest BCUT2D eigenvalue weighted by atomic mass is 32.1. The van der Waals surface area contributed by atoms with Gasteiger partial charge in [0.1, 0.15) is 11.9 Å². The number of fused-ring (bicyclic) bond motifs is 1. The molecule has 3 aromatic rings. The summed E-state index contributed by atoms with van der Waals surface area (Å²) in [7, 11) is 0. The van der Waals surface area contributed by atoms with Crippen LogP contribution in [0.2, 0.25) is 0 Å². The molecule has 27 heavy (non-hydrogen) atoms. The number of nitrogens with one attached hydrogen (secondary N) is 1. The molecule has 1 amide bonds. The zero-order chi connectivity index (χ0) is 19.0. The molecule has 1 N–H and O–H groups in total. The first-order chi connectivity index (χ1) is 13.0. The van der Waals surface area contributed by atoms with Crippen molar-refractivity contribution in [1.29, 1.82) is 0 Å². The summed E-state index contributed by atoms with van der Waals surface area (Å²) in [5, 5.41) is 10.6. The SMILES string of the molecule is CC(=O)Nc1nc(F)c(CN2C[C@H](Oc3ccn4nncc4c3)C[C@@H]2C)s1. The van der Waals surface area contributed by atoms with Gasteiger partial charge in [0, 0.05) is 44.7 Å². The Labute approximate surface area is 159 Å². The molecule has 4 heterocycles. The van der Waals surface area contributed by atoms with Crippen LogP contribution in [0.15, 0.2) is 24.5 Å². The van der Waals surface area contributed by atoms with Crippen molar-refractivity contribution < 1.29 is 13.9 Å². The maximum absolute atomic E-state index is 14.1. The Balaban J connectivity index is 1.40. The zero-order valence-corrected chi connectivity index (χ0v) is 15.7. The maximum atomic E-state index is 14.1. The molecule has 0 unspecified atom stereocenters. The molecular formula is C17H19FN6O2S. The normalized spacial score (nSPS) is 20.3. The van der Waals surface area contributed by atoms with Gasteiger partial charge in [0.25, 0.3) is 0 Å². The lowest BCUT2D eigenvalue weighted by atomic mass is 10.2. The van der Waals surface area contributed by atoms with E-state index in [1.165, 1.54) is 18.3 Å². The van der Waals surface area contributed by atoms with E-state index in [-0.39, 0.29) is 23.2 Å². The second-order valence-corrected chi connectivity index (χ2v) is 7.72. The van der Waals surface area contributed by atoms with E-state index >= 15 is 0 Å². The number of rotatable bonds is 5. The van der Waals surface area contributed by atoms with Crippen LogP contribution in [0.1, 0.15) is 25.1 Å². The smallest absolute Gasteiger partial charge is 0.230 e. The monoisotopic (exact) mass is 390 g/mol. The molecule has 0 bridgehead atoms. The summed E-state index contributed by atoms with van der Waals surface area (Å²) >= 11 is 1.17. The predicted molar refractivity (Wildman–Crippen MR) is 98.3 cm³/mol. The molecule has 1 saturated heterocycles. The second-order valence-electron chi connectivity index (χ2n) is 6.63. The minimum Gasteiger partial charge on any atom is -0.489 e. The standard InChI is InChI=1S/C17H19FN6O2S/c1-10-5-14(26-13-3-4-24-12(6-13)7-19-22-24)8-23(10)9-15-16(18)21-17(27-15)20-11(2)25/h3-4,6-7,10,14H,5,8-9H2,1-2H3,(H,20,21,25)/t10-,14+/m0/s1. The van der Waals surface area contributed by atoms with Crippen LogP contribution in [-0.2, 0) is 11.3 Å². The molecule has 10 heteroatoms. The number of thiazole rings is 1. The van der Waals surface area contributed by atoms with Gasteiger partial charge in [0.2, 0.25) is 11.9 Å². The zero-order valence-electron chi connectivity index (χ0n) is 14.9. The van der Waals surface area contributed by atoms with Gasteiger partial charge in [0.05, 0.1) is 16.6 Å². The first kappa shape index (κ1) is 17.8. The molecule has 2 atom stereocenters. The summed E-state index contributed by atoms with van der Waals surface area (Å²) in [6, 6.07) is 4.01. The van der Waals surface area contributed by atoms with Crippen LogP contribution < -0.4 is 10.1 Å². The largest absolute Gasteiger partial charge is 0.489 e. The van der Waals surface area contributed by atoms with Crippen molar-refractivity contribution in [2.45, 2.75) is 39.0 Å². The van der Waals surface area contributed by atoms with E-state index in [2.05, 4.69) is 32.4 Å². The van der Waals surface area contributed by atoms with E-state index in [9.17, 15) is 9.18 Å². The highest BCUT2D eigenvalue weighted by Crippen LogP contribution is 2.29. The summed E-state index contributed by atoms with van der Waals surface area (Å²) in [6.07, 6.45) is 4.35. The van der Waals surface area contributed by atoms with Gasteiger partial charge in [-0.2, -0.15) is 9.37 Å². The maximum Gasteiger partial charge on any atom is 0.230 e. The molecule has 0 spiro atoms. The number of carbonyl (C=O) groups excluding carboxylic acids is 1. The Morgan fingerprint density at radius 3 is 3.19 bits per heavy atom. The summed E-state index contributed by atoms with van der Waals surface area (Å²) in [5.41, 5.74) is 0.868. The van der Waals surface area contributed by atoms with Crippen LogP contribution in [0.25, 0.3) is 5.52 Å². The fourth-order valence-electron chi connectivity index (χ4n) is 3.24. The van der Waals surface area contributed by atoms with Gasteiger partial charge in [0.15, 0.2) is 5.13 Å². The average molecular weight is 390 g/mol. The van der Waals surface area contributed by atoms with Crippen molar-refractivity contribution in [2.24, 2.45) is 0 Å². The number of ether oxygens (including phenoxy) is 1. The number of hydrogen-bond donors (Lipinski definition) is 1. The van der Waals surface area contributed by atoms with Crippen molar-refractivity contribution >= 4 is 27.9 Å². The number of pyridine rings is 1. The van der Waals surface area contributed by atoms with Crippen LogP contribution in [0.4, 0.5) is 9.52 Å². The number of halogens is 1. The molecule has 4 rings (SSSR count). The molecule has 0 radical (unpaired) electrons. The Kier molecular flexibility index (Phi) is 4.75. The Morgan fingerprint density at radius 2 is 2.37 bits per heavy atom. The van der Waals surface area contributed by atoms with Gasteiger partial charge in [-0.3, -0.25) is 9.69 Å². The highest BCUT2D eigenvalue weighted by molar-refractivity contribution is 7.15. The number of amides is 1. The number of carbonyl (C=O) groups is 1. The number of aromatic nitrogens is 4. The highest BCUT2D eigenvalue weighted by Gasteiger charge is 2.31. The molecule has 8 nitrogen and oxygen atoms in total. The van der Waals surface area contributed by atoms with Crippen LogP contribution in [0.5, 0.6) is 5.75 Å². The van der Waals surface area contributed by atoms with Gasteiger partial charge in [-0.25, -0.2) is 4.52 Å². The Morgan fingerprint density at radius 1 is 1.52 bits per heavy atom. The van der Waals surface area contributed by atoms with Gasteiger partial charge < -0.3 is 10.1 Å². The molecule has 1 fully saturated rings. The van der Waals surface area contributed by atoms with Crippen molar-refractivity contribution in [1.82, 2.24) is 24.7 Å². The molecule has 0 aliphatic carbocycles. The molecule has 1 aliphatic heterocycles. The number of anilines is 1. The van der Waals surface area contributed by atoms with Crippen LogP contribution in [0.3, 0.4) is 0 Å². The average Bonchev–Trinajstić information content (AvgIpc) is 3.28. The fraction of sp³-hybridized carbons (Fsp3) is 0.412. The van der Waals surface area contributed by atoms with Crippen molar-refractivity contribution in [2.75, 3.05) is 11.9 Å². The lowest BCUT2D eigenvalue weighted by Gasteiger charge is -2.19. The second kappa shape index (κ2) is 7.20. The van der Waals surface area contributed by atoms with Crippen LogP contribution >= 0.6 is 11.3 Å². The van der Waals surface area contributed by atoms with E-state index in [4.69, 9.17) is 4.74 Å². The van der Waals surface area contributed by atoms with Crippen molar-refractivity contribution in [3.05, 3.63) is 35.4 Å². The number of hydrogen-bond acceptors (Lipinski definition) is 7. The van der Waals surface area contributed by atoms with E-state index in [0.29, 0.717) is 18.0 Å². The summed E-state index contributed by atoms with van der Waals surface area (Å²) < 4.78 is 21.9. The van der Waals surface area contributed by atoms with E-state index in [0.717, 1.165) is 17.7 Å². The first-order valence-corrected chi connectivity index (χ1v) is 9.43. The topological polar surface area (TPSA) is 84.7 Å². The quantitative estimate of drug-likeness (QED) is 0.720. The van der Waals surface area contributed by atoms with Crippen molar-refractivity contribution in [3.8, 4) is 5.75 Å². The van der Waals surface area contributed by atoms with Gasteiger partial charge in [-0.05, 0) is 13.0 Å². The lowest BCUT2D eigenvalue weighted by molar-refractivity contribution is -0.114. The summed E-state index contributed by atoms with van der Waals surface area (Å²) in [5.74, 6) is -0.0246. The van der Waals surface area contributed by atoms with Gasteiger partial charge in [-0.1, -0.05) is 16.6 Å². The summed E-state index contributed by atoms with van der Waals surface area (Å²) in [4.78, 5) is 17.6. The van der Waals surface area contributed by atoms with E-state index < -0.39 is 5.95 Å². The lowest BCUT2D eigenvalue weighted by Crippen LogP contribution is -2.28. The Bertz CT molecular complexity index is 973. The minimum absolute atomic E-state index is 0.0177. The Hall–Kier alpha value is -2.59. The van der Waals surface area contributed by atoms with Crippen LogP contribution in [0, 0.1) is 5.95 Å². The van der Waals surface area contributed by atoms with E-state index in [1.807, 2.05) is 18.3 Å². The molecular weight excluding hydrogens is 371 g/mol. The van der Waals surface area contributed by atoms with Crippen molar-refractivity contribution in [3.63, 3.8) is 0 Å². The molecule has 0 aromatic carbocycles. The molecule has 3 aromatic heterocycles. The van der Waals surface area contributed by atoms with Gasteiger partial charge >= 0.3 is 0 Å². The molecule has 1 aliphatic rings. The predicted octanol–water partition coefficient (Wildman–Crippen LogP) is 2.33. The third-order valence-corrected chi connectivity index (χ3v) is 5.45. The minimum atomic E-state index is -0.529. The summed E-state index contributed by atoms with van der Waals surface area (Å²) in [6.45, 7) is 4.61. The third-order valence-electron chi connectivity index (χ3n) is 4.52. The first-order valence-electron chi connectivity index (χ1n) is 8.61. The van der Waals surface area contributed by atoms with Gasteiger partial charge in [-0.15, -0.1) is 5.10 Å². The van der Waals surface area contributed by atoms with Crippen LogP contribution in [-0.4, -0.2) is 49.3 Å². The number of nitrogens with zero attached hydrogens (tertiary/aromatic N) is 5. The fourth-order valence-corrected chi connectivity index (χ4v) is 4.16. The molecule has 142 valence electrons. The molecule has 0 saturated carbocycles. The third kappa shape index (κ3) is 3.91. The number of likely N-dealkylation sites (tertiary alicyclic amines) is 1. The van der Waals surface area contributed by atoms with E-state index in [1.54, 1.807) is 10.7 Å².